The van der Waals surface area contributed by atoms with Crippen LogP contribution in [0.2, 0.25) is 0 Å². The van der Waals surface area contributed by atoms with Crippen LogP contribution in [0.1, 0.15) is 19.8 Å². The van der Waals surface area contributed by atoms with Crippen molar-refractivity contribution in [3.05, 3.63) is 59.1 Å². The van der Waals surface area contributed by atoms with Gasteiger partial charge in [-0.3, -0.25) is 4.79 Å². The Kier molecular flexibility index (Phi) is 7.52. The van der Waals surface area contributed by atoms with Crippen molar-refractivity contribution in [3.63, 3.8) is 0 Å². The van der Waals surface area contributed by atoms with E-state index in [1.165, 1.54) is 23.5 Å². The number of hydrogen-bond donors (Lipinski definition) is 0. The van der Waals surface area contributed by atoms with Gasteiger partial charge in [-0.25, -0.2) is 12.8 Å². The third-order valence-corrected chi connectivity index (χ3v) is 7.32. The van der Waals surface area contributed by atoms with Crippen LogP contribution < -0.4 is 4.80 Å². The van der Waals surface area contributed by atoms with E-state index in [0.717, 1.165) is 22.3 Å². The Morgan fingerprint density at radius 2 is 1.90 bits per heavy atom. The number of nitrogens with zero attached hydrogens (tertiary/aromatic N) is 2. The molecule has 0 aliphatic carbocycles. The number of rotatable bonds is 9. The van der Waals surface area contributed by atoms with Crippen molar-refractivity contribution in [2.24, 2.45) is 4.99 Å². The molecule has 0 spiro atoms. The number of benzene rings is 2. The molecular formula is C21H23FN2O4S2. The van der Waals surface area contributed by atoms with E-state index >= 15 is 0 Å². The Morgan fingerprint density at radius 3 is 2.63 bits per heavy atom. The van der Waals surface area contributed by atoms with Crippen LogP contribution in [0.4, 0.5) is 4.39 Å². The average molecular weight is 451 g/mol. The van der Waals surface area contributed by atoms with Crippen LogP contribution in [0.15, 0.2) is 58.4 Å². The zero-order valence-electron chi connectivity index (χ0n) is 16.6. The van der Waals surface area contributed by atoms with Gasteiger partial charge in [0.25, 0.3) is 0 Å². The van der Waals surface area contributed by atoms with Crippen LogP contribution >= 0.6 is 11.3 Å². The molecule has 3 aromatic rings. The van der Waals surface area contributed by atoms with Gasteiger partial charge in [0.2, 0.25) is 5.91 Å². The second-order valence-electron chi connectivity index (χ2n) is 6.58. The first-order valence-electron chi connectivity index (χ1n) is 9.62. The third kappa shape index (κ3) is 5.62. The molecule has 0 N–H and O–H groups in total. The maximum Gasteiger partial charge on any atom is 0.248 e. The highest BCUT2D eigenvalue weighted by Crippen LogP contribution is 2.17. The van der Waals surface area contributed by atoms with E-state index in [9.17, 15) is 17.6 Å². The van der Waals surface area contributed by atoms with Crippen LogP contribution in [0.25, 0.3) is 10.2 Å². The first-order valence-corrected chi connectivity index (χ1v) is 12.1. The highest BCUT2D eigenvalue weighted by molar-refractivity contribution is 7.91. The molecule has 9 heteroatoms. The monoisotopic (exact) mass is 450 g/mol. The normalized spacial score (nSPS) is 12.5. The average Bonchev–Trinajstić information content (AvgIpc) is 3.05. The molecule has 0 unspecified atom stereocenters. The smallest absolute Gasteiger partial charge is 0.248 e. The molecule has 1 amide bonds. The number of carbonyl (C=O) groups excluding carboxylic acids is 1. The quantitative estimate of drug-likeness (QED) is 0.369. The Bertz CT molecular complexity index is 1180. The molecule has 0 saturated carbocycles. The van der Waals surface area contributed by atoms with Gasteiger partial charge in [-0.15, -0.1) is 0 Å². The number of ether oxygens (including phenoxy) is 1. The summed E-state index contributed by atoms with van der Waals surface area (Å²) >= 11 is 1.41. The Hall–Kier alpha value is -2.36. The van der Waals surface area contributed by atoms with Crippen molar-refractivity contribution in [2.75, 3.05) is 19.0 Å². The van der Waals surface area contributed by atoms with Gasteiger partial charge in [-0.05, 0) is 49.7 Å². The Morgan fingerprint density at radius 1 is 1.17 bits per heavy atom. The molecule has 0 fully saturated rings. The fourth-order valence-electron chi connectivity index (χ4n) is 2.96. The summed E-state index contributed by atoms with van der Waals surface area (Å²) in [6.07, 6.45) is 0.159. The fourth-order valence-corrected chi connectivity index (χ4v) is 5.34. The van der Waals surface area contributed by atoms with E-state index in [-0.39, 0.29) is 29.4 Å². The lowest BCUT2D eigenvalue weighted by Gasteiger charge is -2.05. The molecule has 0 aliphatic rings. The highest BCUT2D eigenvalue weighted by Gasteiger charge is 2.15. The number of amides is 1. The first kappa shape index (κ1) is 22.3. The summed E-state index contributed by atoms with van der Waals surface area (Å²) < 4.78 is 46.0. The number of para-hydroxylation sites is 1. The van der Waals surface area contributed by atoms with Crippen LogP contribution in [0.5, 0.6) is 0 Å². The summed E-state index contributed by atoms with van der Waals surface area (Å²) in [7, 11) is -3.57. The minimum absolute atomic E-state index is 0.0140. The molecule has 2 aromatic carbocycles. The van der Waals surface area contributed by atoms with Gasteiger partial charge in [-0.2, -0.15) is 4.99 Å². The van der Waals surface area contributed by atoms with Crippen LogP contribution in [0, 0.1) is 5.82 Å². The lowest BCUT2D eigenvalue weighted by Crippen LogP contribution is -2.20. The Balaban J connectivity index is 1.71. The van der Waals surface area contributed by atoms with Crippen molar-refractivity contribution in [3.8, 4) is 0 Å². The van der Waals surface area contributed by atoms with Gasteiger partial charge in [0.1, 0.15) is 5.82 Å². The van der Waals surface area contributed by atoms with E-state index in [1.807, 2.05) is 35.8 Å². The fraction of sp³-hybridized carbons (Fsp3) is 0.333. The predicted octanol–water partition coefficient (Wildman–Crippen LogP) is 3.56. The number of thiazole rings is 1. The number of hydrogen-bond acceptors (Lipinski definition) is 5. The summed E-state index contributed by atoms with van der Waals surface area (Å²) in [5.41, 5.74) is 0.979. The topological polar surface area (TPSA) is 77.7 Å². The molecule has 160 valence electrons. The number of sulfone groups is 1. The molecule has 1 aromatic heterocycles. The Labute approximate surface area is 178 Å². The van der Waals surface area contributed by atoms with E-state index in [1.54, 1.807) is 0 Å². The minimum Gasteiger partial charge on any atom is -0.380 e. The second kappa shape index (κ2) is 10.1. The van der Waals surface area contributed by atoms with Gasteiger partial charge in [0, 0.05) is 19.6 Å². The summed E-state index contributed by atoms with van der Waals surface area (Å²) in [6, 6.07) is 12.5. The zero-order valence-corrected chi connectivity index (χ0v) is 18.2. The highest BCUT2D eigenvalue weighted by atomic mass is 32.2. The van der Waals surface area contributed by atoms with Gasteiger partial charge < -0.3 is 9.30 Å². The lowest BCUT2D eigenvalue weighted by molar-refractivity contribution is -0.118. The second-order valence-corrected chi connectivity index (χ2v) is 9.70. The van der Waals surface area contributed by atoms with Gasteiger partial charge in [-0.1, -0.05) is 23.5 Å². The largest absolute Gasteiger partial charge is 0.380 e. The number of fused-ring (bicyclic) bond motifs is 1. The van der Waals surface area contributed by atoms with Crippen LogP contribution in [-0.4, -0.2) is 37.9 Å². The number of halogens is 1. The van der Waals surface area contributed by atoms with Crippen molar-refractivity contribution in [1.82, 2.24) is 4.57 Å². The summed E-state index contributed by atoms with van der Waals surface area (Å²) in [4.78, 5) is 17.2. The number of aromatic nitrogens is 1. The minimum atomic E-state index is -3.57. The molecule has 6 nitrogen and oxygen atoms in total. The molecule has 1 heterocycles. The molecular weight excluding hydrogens is 427 g/mol. The van der Waals surface area contributed by atoms with E-state index in [0.29, 0.717) is 24.6 Å². The molecule has 0 aliphatic heterocycles. The number of carbonyl (C=O) groups is 1. The van der Waals surface area contributed by atoms with Crippen molar-refractivity contribution < 1.29 is 22.3 Å². The van der Waals surface area contributed by atoms with Crippen molar-refractivity contribution in [2.45, 2.75) is 31.2 Å². The van der Waals surface area contributed by atoms with E-state index in [2.05, 4.69) is 4.99 Å². The van der Waals surface area contributed by atoms with Crippen molar-refractivity contribution in [1.29, 1.82) is 0 Å². The molecule has 3 rings (SSSR count). The predicted molar refractivity (Wildman–Crippen MR) is 115 cm³/mol. The van der Waals surface area contributed by atoms with Gasteiger partial charge in [0.15, 0.2) is 14.6 Å². The molecule has 0 radical (unpaired) electrons. The maximum atomic E-state index is 13.0. The lowest BCUT2D eigenvalue weighted by atomic mass is 10.3. The third-order valence-electron chi connectivity index (χ3n) is 4.45. The molecule has 30 heavy (non-hydrogen) atoms. The molecule has 0 saturated heterocycles. The van der Waals surface area contributed by atoms with Gasteiger partial charge in [0.05, 0.1) is 27.5 Å². The zero-order chi connectivity index (χ0) is 21.6. The van der Waals surface area contributed by atoms with Gasteiger partial charge >= 0.3 is 0 Å². The van der Waals surface area contributed by atoms with Crippen molar-refractivity contribution >= 4 is 37.3 Å². The van der Waals surface area contributed by atoms with Crippen LogP contribution in [0.3, 0.4) is 0 Å². The molecule has 0 atom stereocenters. The molecule has 0 bridgehead atoms. The van der Waals surface area contributed by atoms with E-state index < -0.39 is 15.7 Å². The summed E-state index contributed by atoms with van der Waals surface area (Å²) in [6.45, 7) is 3.61. The standard InChI is InChI=1S/C21H23FN2O4S2/c1-2-28-14-13-24-18-6-3-4-7-19(18)29-21(24)23-20(25)8-5-15-30(26,27)17-11-9-16(22)10-12-17/h3-4,6-7,9-12H,2,5,8,13-15H2,1H3. The summed E-state index contributed by atoms with van der Waals surface area (Å²) in [5.74, 6) is -1.07. The SMILES string of the molecule is CCOCCn1c(=NC(=O)CCCS(=O)(=O)c2ccc(F)cc2)sc2ccccc21. The summed E-state index contributed by atoms with van der Waals surface area (Å²) in [5, 5.41) is 0. The maximum absolute atomic E-state index is 13.0. The van der Waals surface area contributed by atoms with Crippen LogP contribution in [-0.2, 0) is 25.9 Å². The van der Waals surface area contributed by atoms with E-state index in [4.69, 9.17) is 4.74 Å². The first-order chi connectivity index (χ1) is 14.4.